The zero-order valence-corrected chi connectivity index (χ0v) is 9.76. The number of nitrogen functional groups attached to an aromatic ring is 1. The molecule has 92 valence electrons. The number of β-amino-alcohol motifs (C(OH)–C–C–N with tert-alkyl or cyclic N) is 2. The van der Waals surface area contributed by atoms with E-state index in [1.54, 1.807) is 6.07 Å². The van der Waals surface area contributed by atoms with Gasteiger partial charge in [-0.05, 0) is 18.2 Å². The van der Waals surface area contributed by atoms with Crippen molar-refractivity contribution in [1.82, 2.24) is 4.90 Å². The Morgan fingerprint density at radius 2 is 1.94 bits per heavy atom. The zero-order valence-electron chi connectivity index (χ0n) is 9.01. The van der Waals surface area contributed by atoms with Crippen LogP contribution in [0.25, 0.3) is 0 Å². The number of halogens is 1. The van der Waals surface area contributed by atoms with Crippen LogP contribution in [-0.4, -0.2) is 46.3 Å². The summed E-state index contributed by atoms with van der Waals surface area (Å²) in [6.07, 6.45) is -1.79. The number of carbonyl (C=O) groups is 1. The van der Waals surface area contributed by atoms with E-state index in [4.69, 9.17) is 17.3 Å². The first-order valence-electron chi connectivity index (χ1n) is 5.19. The van der Waals surface area contributed by atoms with Crippen molar-refractivity contribution in [3.63, 3.8) is 0 Å². The Morgan fingerprint density at radius 1 is 1.35 bits per heavy atom. The lowest BCUT2D eigenvalue weighted by atomic mass is 10.2. The van der Waals surface area contributed by atoms with E-state index in [0.717, 1.165) is 0 Å². The third kappa shape index (κ3) is 2.36. The number of nitrogens with two attached hydrogens (primary N) is 1. The summed E-state index contributed by atoms with van der Waals surface area (Å²) in [5.41, 5.74) is 6.34. The average molecular weight is 257 g/mol. The van der Waals surface area contributed by atoms with Crippen molar-refractivity contribution in [2.45, 2.75) is 12.2 Å². The van der Waals surface area contributed by atoms with Crippen LogP contribution in [0.1, 0.15) is 10.4 Å². The number of benzene rings is 1. The van der Waals surface area contributed by atoms with Crippen molar-refractivity contribution in [1.29, 1.82) is 0 Å². The van der Waals surface area contributed by atoms with Crippen LogP contribution >= 0.6 is 11.6 Å². The molecule has 2 unspecified atom stereocenters. The molecule has 1 fully saturated rings. The molecule has 1 saturated heterocycles. The van der Waals surface area contributed by atoms with Gasteiger partial charge in [0.25, 0.3) is 5.91 Å². The number of nitrogens with zero attached hydrogens (tertiary/aromatic N) is 1. The maximum Gasteiger partial charge on any atom is 0.255 e. The van der Waals surface area contributed by atoms with E-state index >= 15 is 0 Å². The van der Waals surface area contributed by atoms with Crippen LogP contribution in [0.3, 0.4) is 0 Å². The summed E-state index contributed by atoms with van der Waals surface area (Å²) in [5, 5.41) is 19.0. The molecule has 0 radical (unpaired) electrons. The molecule has 1 heterocycles. The molecule has 1 aromatic carbocycles. The molecule has 2 rings (SSSR count). The van der Waals surface area contributed by atoms with E-state index < -0.39 is 12.2 Å². The Labute approximate surface area is 103 Å². The number of carbonyl (C=O) groups excluding carboxylic acids is 1. The number of rotatable bonds is 1. The molecule has 0 aliphatic carbocycles. The van der Waals surface area contributed by atoms with Crippen molar-refractivity contribution in [3.05, 3.63) is 28.8 Å². The monoisotopic (exact) mass is 256 g/mol. The van der Waals surface area contributed by atoms with Gasteiger partial charge in [-0.3, -0.25) is 4.79 Å². The number of likely N-dealkylation sites (tertiary alicyclic amines) is 1. The van der Waals surface area contributed by atoms with E-state index in [0.29, 0.717) is 11.3 Å². The second kappa shape index (κ2) is 4.52. The summed E-state index contributed by atoms with van der Waals surface area (Å²) < 4.78 is 0. The molecule has 1 aliphatic rings. The van der Waals surface area contributed by atoms with Gasteiger partial charge in [-0.25, -0.2) is 0 Å². The molecule has 1 aromatic rings. The molecule has 5 nitrogen and oxygen atoms in total. The summed E-state index contributed by atoms with van der Waals surface area (Å²) in [5.74, 6) is -0.314. The van der Waals surface area contributed by atoms with Crippen LogP contribution in [0.15, 0.2) is 18.2 Å². The van der Waals surface area contributed by atoms with Crippen molar-refractivity contribution < 1.29 is 15.0 Å². The Bertz CT molecular complexity index is 442. The van der Waals surface area contributed by atoms with E-state index in [2.05, 4.69) is 0 Å². The predicted molar refractivity (Wildman–Crippen MR) is 63.8 cm³/mol. The van der Waals surface area contributed by atoms with Crippen LogP contribution in [-0.2, 0) is 0 Å². The summed E-state index contributed by atoms with van der Waals surface area (Å²) in [6, 6.07) is 4.62. The van der Waals surface area contributed by atoms with Crippen molar-refractivity contribution in [2.75, 3.05) is 18.8 Å². The molecule has 0 aromatic heterocycles. The standard InChI is InChI=1S/C11H13ClN2O3/c12-8-3-6(13)1-2-7(8)11(17)14-4-9(15)10(16)5-14/h1-3,9-10,15-16H,4-5,13H2. The number of hydrogen-bond donors (Lipinski definition) is 3. The van der Waals surface area contributed by atoms with Gasteiger partial charge >= 0.3 is 0 Å². The molecule has 0 spiro atoms. The fourth-order valence-corrected chi connectivity index (χ4v) is 2.08. The van der Waals surface area contributed by atoms with Crippen LogP contribution in [0.2, 0.25) is 5.02 Å². The number of amides is 1. The minimum absolute atomic E-state index is 0.112. The smallest absolute Gasteiger partial charge is 0.255 e. The third-order valence-electron chi connectivity index (χ3n) is 2.77. The number of aliphatic hydroxyl groups is 2. The second-order valence-corrected chi connectivity index (χ2v) is 4.49. The van der Waals surface area contributed by atoms with Crippen molar-refractivity contribution in [2.24, 2.45) is 0 Å². The van der Waals surface area contributed by atoms with Crippen LogP contribution < -0.4 is 5.73 Å². The normalized spacial score (nSPS) is 24.1. The molecule has 0 saturated carbocycles. The Kier molecular flexibility index (Phi) is 3.24. The highest BCUT2D eigenvalue weighted by Gasteiger charge is 2.33. The Hall–Kier alpha value is -1.30. The highest BCUT2D eigenvalue weighted by Crippen LogP contribution is 2.22. The molecule has 1 amide bonds. The van der Waals surface area contributed by atoms with Crippen molar-refractivity contribution >= 4 is 23.2 Å². The Morgan fingerprint density at radius 3 is 2.47 bits per heavy atom. The molecule has 1 aliphatic heterocycles. The number of hydrogen-bond acceptors (Lipinski definition) is 4. The van der Waals surface area contributed by atoms with Gasteiger partial charge in [-0.15, -0.1) is 0 Å². The molecular weight excluding hydrogens is 244 g/mol. The fraction of sp³-hybridized carbons (Fsp3) is 0.364. The number of aliphatic hydroxyl groups excluding tert-OH is 2. The summed E-state index contributed by atoms with van der Waals surface area (Å²) in [7, 11) is 0. The lowest BCUT2D eigenvalue weighted by Crippen LogP contribution is -2.30. The Balaban J connectivity index is 2.20. The second-order valence-electron chi connectivity index (χ2n) is 4.08. The molecular formula is C11H13ClN2O3. The minimum Gasteiger partial charge on any atom is -0.399 e. The van der Waals surface area contributed by atoms with Gasteiger partial charge in [-0.1, -0.05) is 11.6 Å². The summed E-state index contributed by atoms with van der Waals surface area (Å²) >= 11 is 5.92. The molecule has 17 heavy (non-hydrogen) atoms. The van der Waals surface area contributed by atoms with Crippen molar-refractivity contribution in [3.8, 4) is 0 Å². The van der Waals surface area contributed by atoms with Gasteiger partial charge in [-0.2, -0.15) is 0 Å². The predicted octanol–water partition coefficient (Wildman–Crippen LogP) is 0.0998. The quantitative estimate of drug-likeness (QED) is 0.622. The fourth-order valence-electron chi connectivity index (χ4n) is 1.81. The van der Waals surface area contributed by atoms with Gasteiger partial charge in [0.2, 0.25) is 0 Å². The van der Waals surface area contributed by atoms with E-state index in [1.807, 2.05) is 0 Å². The topological polar surface area (TPSA) is 86.8 Å². The number of anilines is 1. The van der Waals surface area contributed by atoms with E-state index in [1.165, 1.54) is 17.0 Å². The first kappa shape index (κ1) is 12.2. The van der Waals surface area contributed by atoms with Gasteiger partial charge in [0.15, 0.2) is 0 Å². The van der Waals surface area contributed by atoms with E-state index in [9.17, 15) is 15.0 Å². The largest absolute Gasteiger partial charge is 0.399 e. The highest BCUT2D eigenvalue weighted by molar-refractivity contribution is 6.34. The van der Waals surface area contributed by atoms with Gasteiger partial charge in [0.05, 0.1) is 22.8 Å². The van der Waals surface area contributed by atoms with Crippen LogP contribution in [0.4, 0.5) is 5.69 Å². The lowest BCUT2D eigenvalue weighted by molar-refractivity contribution is 0.0572. The zero-order chi connectivity index (χ0) is 12.6. The third-order valence-corrected chi connectivity index (χ3v) is 3.08. The molecule has 6 heteroatoms. The maximum absolute atomic E-state index is 12.0. The van der Waals surface area contributed by atoms with Crippen LogP contribution in [0.5, 0.6) is 0 Å². The average Bonchev–Trinajstić information content (AvgIpc) is 2.58. The molecule has 2 atom stereocenters. The molecule has 0 bridgehead atoms. The SMILES string of the molecule is Nc1ccc(C(=O)N2CC(O)C(O)C2)c(Cl)c1. The highest BCUT2D eigenvalue weighted by atomic mass is 35.5. The van der Waals surface area contributed by atoms with Gasteiger partial charge in [0.1, 0.15) is 0 Å². The van der Waals surface area contributed by atoms with Gasteiger partial charge < -0.3 is 20.8 Å². The van der Waals surface area contributed by atoms with Crippen LogP contribution in [0, 0.1) is 0 Å². The van der Waals surface area contributed by atoms with E-state index in [-0.39, 0.29) is 24.0 Å². The maximum atomic E-state index is 12.0. The minimum atomic E-state index is -0.897. The first-order chi connectivity index (χ1) is 7.99. The molecule has 4 N–H and O–H groups in total. The van der Waals surface area contributed by atoms with Gasteiger partial charge in [0, 0.05) is 18.8 Å². The lowest BCUT2D eigenvalue weighted by Gasteiger charge is -2.16. The first-order valence-corrected chi connectivity index (χ1v) is 5.57. The summed E-state index contributed by atoms with van der Waals surface area (Å²) in [4.78, 5) is 13.4. The summed E-state index contributed by atoms with van der Waals surface area (Å²) in [6.45, 7) is 0.224.